The molecule has 0 saturated carbocycles. The van der Waals surface area contributed by atoms with Gasteiger partial charge >= 0.3 is 0 Å². The minimum absolute atomic E-state index is 0.0158. The Morgan fingerprint density at radius 3 is 2.54 bits per heavy atom. The van der Waals surface area contributed by atoms with Crippen LogP contribution in [0.5, 0.6) is 0 Å². The second-order valence-corrected chi connectivity index (χ2v) is 8.17. The van der Waals surface area contributed by atoms with Gasteiger partial charge in [-0.15, -0.1) is 0 Å². The lowest BCUT2D eigenvalue weighted by Gasteiger charge is -2.32. The van der Waals surface area contributed by atoms with E-state index in [1.54, 1.807) is 0 Å². The monoisotopic (exact) mass is 389 g/mol. The summed E-state index contributed by atoms with van der Waals surface area (Å²) in [6.07, 6.45) is 2.85. The summed E-state index contributed by atoms with van der Waals surface area (Å²) in [6, 6.07) is 2.45. The lowest BCUT2D eigenvalue weighted by atomic mass is 10.0. The highest BCUT2D eigenvalue weighted by molar-refractivity contribution is 7.89. The molecule has 1 saturated heterocycles. The molecule has 1 fully saturated rings. The first kappa shape index (κ1) is 20.7. The minimum Gasteiger partial charge on any atom is -0.353 e. The Kier molecular flexibility index (Phi) is 7.48. The van der Waals surface area contributed by atoms with Crippen LogP contribution < -0.4 is 10.0 Å². The molecule has 0 bridgehead atoms. The largest absolute Gasteiger partial charge is 0.353 e. The van der Waals surface area contributed by atoms with Gasteiger partial charge in [0.15, 0.2) is 11.6 Å². The number of amides is 1. The molecule has 26 heavy (non-hydrogen) atoms. The summed E-state index contributed by atoms with van der Waals surface area (Å²) >= 11 is 0. The molecular formula is C17H25F2N3O3S. The molecule has 2 N–H and O–H groups in total. The van der Waals surface area contributed by atoms with Crippen LogP contribution in [0.25, 0.3) is 0 Å². The fourth-order valence-electron chi connectivity index (χ4n) is 2.94. The van der Waals surface area contributed by atoms with E-state index in [-0.39, 0.29) is 29.8 Å². The molecule has 0 unspecified atom stereocenters. The third kappa shape index (κ3) is 6.00. The normalized spacial score (nSPS) is 16.6. The maximum atomic E-state index is 13.2. The van der Waals surface area contributed by atoms with Crippen LogP contribution in [0.2, 0.25) is 0 Å². The second-order valence-electron chi connectivity index (χ2n) is 6.41. The van der Waals surface area contributed by atoms with Crippen LogP contribution in [0.15, 0.2) is 23.1 Å². The van der Waals surface area contributed by atoms with Crippen molar-refractivity contribution in [3.63, 3.8) is 0 Å². The number of sulfonamides is 1. The summed E-state index contributed by atoms with van der Waals surface area (Å²) in [6.45, 7) is 4.98. The van der Waals surface area contributed by atoms with Crippen LogP contribution >= 0.6 is 0 Å². The quantitative estimate of drug-likeness (QED) is 0.708. The Bertz CT molecular complexity index is 720. The Morgan fingerprint density at radius 1 is 1.23 bits per heavy atom. The van der Waals surface area contributed by atoms with E-state index in [0.29, 0.717) is 6.07 Å². The van der Waals surface area contributed by atoms with E-state index < -0.39 is 21.7 Å². The zero-order chi connectivity index (χ0) is 19.2. The highest BCUT2D eigenvalue weighted by Gasteiger charge is 2.21. The van der Waals surface area contributed by atoms with Gasteiger partial charge in [-0.2, -0.15) is 0 Å². The summed E-state index contributed by atoms with van der Waals surface area (Å²) in [5, 5.41) is 2.91. The minimum atomic E-state index is -3.99. The van der Waals surface area contributed by atoms with Gasteiger partial charge in [-0.1, -0.05) is 6.92 Å². The van der Waals surface area contributed by atoms with Crippen molar-refractivity contribution in [3.8, 4) is 0 Å². The van der Waals surface area contributed by atoms with Gasteiger partial charge in [-0.3, -0.25) is 4.79 Å². The van der Waals surface area contributed by atoms with E-state index in [2.05, 4.69) is 21.9 Å². The molecule has 1 aliphatic heterocycles. The van der Waals surface area contributed by atoms with Gasteiger partial charge in [-0.05, 0) is 44.0 Å². The second kappa shape index (κ2) is 9.38. The van der Waals surface area contributed by atoms with E-state index in [4.69, 9.17) is 0 Å². The number of nitrogens with zero attached hydrogens (tertiary/aromatic N) is 1. The van der Waals surface area contributed by atoms with E-state index in [0.717, 1.165) is 51.0 Å². The summed E-state index contributed by atoms with van der Waals surface area (Å²) < 4.78 is 52.3. The van der Waals surface area contributed by atoms with Gasteiger partial charge < -0.3 is 10.2 Å². The van der Waals surface area contributed by atoms with Crippen molar-refractivity contribution < 1.29 is 22.0 Å². The summed E-state index contributed by atoms with van der Waals surface area (Å²) in [7, 11) is -3.99. The van der Waals surface area contributed by atoms with Crippen LogP contribution in [-0.2, 0) is 14.8 Å². The van der Waals surface area contributed by atoms with Crippen LogP contribution in [0.4, 0.5) is 8.78 Å². The summed E-state index contributed by atoms with van der Waals surface area (Å²) in [4.78, 5) is 14.0. The average Bonchev–Trinajstić information content (AvgIpc) is 2.59. The van der Waals surface area contributed by atoms with E-state index >= 15 is 0 Å². The first-order valence-electron chi connectivity index (χ1n) is 8.78. The molecule has 6 nitrogen and oxygen atoms in total. The van der Waals surface area contributed by atoms with Gasteiger partial charge in [0.2, 0.25) is 15.9 Å². The zero-order valence-corrected chi connectivity index (χ0v) is 15.6. The van der Waals surface area contributed by atoms with Crippen molar-refractivity contribution in [3.05, 3.63) is 29.8 Å². The smallest absolute Gasteiger partial charge is 0.240 e. The predicted molar refractivity (Wildman–Crippen MR) is 94.1 cm³/mol. The maximum absolute atomic E-state index is 13.2. The molecule has 1 amide bonds. The van der Waals surface area contributed by atoms with Gasteiger partial charge in [-0.25, -0.2) is 21.9 Å². The summed E-state index contributed by atoms with van der Waals surface area (Å²) in [5.41, 5.74) is 0. The number of halogens is 2. The number of carbonyl (C=O) groups excluding carboxylic acids is 1. The molecule has 0 radical (unpaired) electrons. The highest BCUT2D eigenvalue weighted by atomic mass is 32.2. The summed E-state index contributed by atoms with van der Waals surface area (Å²) in [5.74, 6) is -2.58. The van der Waals surface area contributed by atoms with Crippen LogP contribution in [0.3, 0.4) is 0 Å². The third-order valence-electron chi connectivity index (χ3n) is 4.34. The topological polar surface area (TPSA) is 78.5 Å². The molecule has 0 aliphatic carbocycles. The molecular weight excluding hydrogens is 364 g/mol. The Balaban J connectivity index is 1.75. The molecule has 1 heterocycles. The van der Waals surface area contributed by atoms with Crippen molar-refractivity contribution in [2.75, 3.05) is 26.2 Å². The standard InChI is InChI=1S/C17H25F2N3O3S/c1-2-9-22-10-6-13(7-11-22)21-17(23)5-8-20-26(24,25)14-3-4-15(18)16(19)12-14/h3-4,12-13,20H,2,5-11H2,1H3,(H,21,23). The number of piperidine rings is 1. The third-order valence-corrected chi connectivity index (χ3v) is 5.80. The number of rotatable bonds is 8. The molecule has 146 valence electrons. The maximum Gasteiger partial charge on any atom is 0.240 e. The first-order chi connectivity index (χ1) is 12.3. The van der Waals surface area contributed by atoms with E-state index in [1.807, 2.05) is 0 Å². The molecule has 1 aromatic carbocycles. The number of benzene rings is 1. The number of hydrogen-bond donors (Lipinski definition) is 2. The SMILES string of the molecule is CCCN1CCC(NC(=O)CCNS(=O)(=O)c2ccc(F)c(F)c2)CC1. The Morgan fingerprint density at radius 2 is 1.92 bits per heavy atom. The van der Waals surface area contributed by atoms with Gasteiger partial charge in [0.1, 0.15) is 0 Å². The van der Waals surface area contributed by atoms with Crippen molar-refractivity contribution in [1.82, 2.24) is 14.9 Å². The lowest BCUT2D eigenvalue weighted by Crippen LogP contribution is -2.45. The van der Waals surface area contributed by atoms with Gasteiger partial charge in [0, 0.05) is 32.1 Å². The molecule has 2 rings (SSSR count). The zero-order valence-electron chi connectivity index (χ0n) is 14.8. The fraction of sp³-hybridized carbons (Fsp3) is 0.588. The number of likely N-dealkylation sites (tertiary alicyclic amines) is 1. The number of nitrogens with one attached hydrogen (secondary N) is 2. The van der Waals surface area contributed by atoms with Gasteiger partial charge in [0.25, 0.3) is 0 Å². The van der Waals surface area contributed by atoms with Crippen LogP contribution in [-0.4, -0.2) is 51.4 Å². The molecule has 0 aromatic heterocycles. The molecule has 0 atom stereocenters. The van der Waals surface area contributed by atoms with Crippen LogP contribution in [0, 0.1) is 11.6 Å². The van der Waals surface area contributed by atoms with E-state index in [1.165, 1.54) is 0 Å². The molecule has 1 aliphatic rings. The van der Waals surface area contributed by atoms with E-state index in [9.17, 15) is 22.0 Å². The Labute approximate surface area is 153 Å². The number of hydrogen-bond acceptors (Lipinski definition) is 4. The van der Waals surface area contributed by atoms with Crippen LogP contribution in [0.1, 0.15) is 32.6 Å². The van der Waals surface area contributed by atoms with Gasteiger partial charge in [0.05, 0.1) is 4.90 Å². The highest BCUT2D eigenvalue weighted by Crippen LogP contribution is 2.14. The van der Waals surface area contributed by atoms with Crippen molar-refractivity contribution in [2.24, 2.45) is 0 Å². The van der Waals surface area contributed by atoms with Crippen molar-refractivity contribution in [1.29, 1.82) is 0 Å². The van der Waals surface area contributed by atoms with Crippen molar-refractivity contribution in [2.45, 2.75) is 43.5 Å². The Hall–Kier alpha value is -1.58. The first-order valence-corrected chi connectivity index (χ1v) is 10.3. The molecule has 0 spiro atoms. The lowest BCUT2D eigenvalue weighted by molar-refractivity contribution is -0.121. The fourth-order valence-corrected chi connectivity index (χ4v) is 3.99. The number of carbonyl (C=O) groups is 1. The molecule has 9 heteroatoms. The predicted octanol–water partition coefficient (Wildman–Crippen LogP) is 1.62. The molecule has 1 aromatic rings. The average molecular weight is 389 g/mol. The van der Waals surface area contributed by atoms with Crippen molar-refractivity contribution >= 4 is 15.9 Å².